The average Bonchev–Trinajstić information content (AvgIpc) is 1.68. The Labute approximate surface area is 741 Å². The van der Waals surface area contributed by atoms with Gasteiger partial charge in [0.1, 0.15) is 0 Å². The molecule has 0 saturated carbocycles. The predicted octanol–water partition coefficient (Wildman–Crippen LogP) is 28.9. The number of hydrogen-bond donors (Lipinski definition) is 0. The first-order chi connectivity index (χ1) is 68.4. The third-order valence-corrected chi connectivity index (χ3v) is 26.7. The summed E-state index contributed by atoms with van der Waals surface area (Å²) < 4.78 is 237. The largest absolute Gasteiger partial charge is 0.0629 e. The molecule has 120 heavy (non-hydrogen) atoms. The number of hydrogen-bond acceptors (Lipinski definition) is 2. The average molecular weight is 1630 g/mol. The van der Waals surface area contributed by atoms with Crippen LogP contribution >= 0.6 is 0 Å². The standard InChI is InChI=1S/C114H87BN4Se/c1-112(2,3)82-62-90(72-32-18-12-19-33-72)110-92(64-82)80-38-26-36-74(56-80)77-46-54-107-95(59-77)96-60-78(47-55-108(96)120-107)75-37-27-39-81(57-75)93-65-83(113(4,5)6)63-91(73-34-20-13-21-35-73)111(93)119-104-69-86(117-99-42-24-22-40-87(99)89-50-44-79(61-102(89)117)71-30-16-11-17-31-71)49-52-98(104)115-97-51-48-85(68-103(97)118(110)105-66-84(114(7,8)9)67-106(119)109(105)115)116-100-43-25-23-41-88(100)94-58-76(45-53-101(94)116)70-28-14-10-15-29-70/h10-69H,1-9H3/i10D,11D,14D,15D,16D,17D,22D,23D,24D,25D,28D,29D,30D,31D,40D,41D,42D,43D,44D,45D,50D,53D,58D,61D. The maximum atomic E-state index is 10.8. The molecule has 3 aliphatic rings. The Balaban J connectivity index is 0.949. The fourth-order valence-electron chi connectivity index (χ4n) is 18.3. The molecule has 572 valence electrons. The van der Waals surface area contributed by atoms with Crippen molar-refractivity contribution in [1.29, 1.82) is 0 Å². The molecule has 0 radical (unpaired) electrons. The van der Waals surface area contributed by atoms with E-state index >= 15 is 0 Å². The van der Waals surface area contributed by atoms with Gasteiger partial charge in [-0.05, 0) is 75.6 Å². The molecule has 0 saturated heterocycles. The summed E-state index contributed by atoms with van der Waals surface area (Å²) in [5.41, 5.74) is 13.9. The maximum absolute atomic E-state index is 10.8. The monoisotopic (exact) mass is 1630 g/mol. The van der Waals surface area contributed by atoms with Gasteiger partial charge in [-0.1, -0.05) is 184 Å². The molecule has 0 spiro atoms. The molecule has 0 atom stereocenters. The molecule has 23 rings (SSSR count). The summed E-state index contributed by atoms with van der Waals surface area (Å²) in [6.45, 7) is 18.6. The van der Waals surface area contributed by atoms with E-state index in [4.69, 9.17) is 8.22 Å². The number of nitrogens with zero attached hydrogens (tertiary/aromatic N) is 4. The van der Waals surface area contributed by atoms with Gasteiger partial charge in [-0.15, -0.1) is 0 Å². The van der Waals surface area contributed by atoms with E-state index in [9.17, 15) is 24.7 Å². The van der Waals surface area contributed by atoms with Crippen LogP contribution in [0.1, 0.15) is 112 Å². The second kappa shape index (κ2) is 27.0. The Morgan fingerprint density at radius 1 is 0.267 bits per heavy atom. The minimum Gasteiger partial charge on any atom is -0.0617 e. The Kier molecular flexibility index (Phi) is 11.5. The SMILES string of the molecule is [2H]c1c([2H])c([2H])c(-c2c([2H])c([2H])c3c(c2[2H])c2c([2H])c([2H])c([2H])c([2H])c2n3-c2ccc3c(c2)N2c4cc(C(C)(C)C)cc5c4B3c3ccc(-n4c6c([2H])c([2H])c([2H])c([2H])c6c6c([2H])c([2H])c(-c7c([2H])c([2H])c([2H])c([2H])c7[2H])c([2H])c64)cc3N5c3c(-c4ccccc4)cc(C(C)(C)C)cc3-c3cccc(c3)-c3ccc4[se]c5ccc(cc5c4c3)-c3cccc(c3)-c3cc(C(C)(C)C)cc(-c4ccccc4)c32)c([2H])c1[2H]. The number of benzene rings is 17. The second-order valence-electron chi connectivity index (χ2n) is 34.6. The third-order valence-electron chi connectivity index (χ3n) is 24.3. The molecule has 0 N–H and O–H groups in total. The van der Waals surface area contributed by atoms with Crippen molar-refractivity contribution < 1.29 is 32.9 Å². The minimum atomic E-state index is -0.952. The van der Waals surface area contributed by atoms with Crippen molar-refractivity contribution in [2.45, 2.75) is 78.6 Å². The third kappa shape index (κ3) is 11.5. The van der Waals surface area contributed by atoms with Crippen LogP contribution in [0.15, 0.2) is 363 Å². The van der Waals surface area contributed by atoms with Crippen molar-refractivity contribution in [2.75, 3.05) is 9.80 Å². The van der Waals surface area contributed by atoms with Gasteiger partial charge in [0.25, 0.3) is 6.71 Å². The van der Waals surface area contributed by atoms with E-state index in [1.165, 1.54) is 17.7 Å². The zero-order chi connectivity index (χ0) is 102. The zero-order valence-corrected chi connectivity index (χ0v) is 68.8. The molecule has 3 aliphatic heterocycles. The van der Waals surface area contributed by atoms with E-state index in [2.05, 4.69) is 218 Å². The van der Waals surface area contributed by atoms with Crippen LogP contribution in [0.3, 0.4) is 0 Å². The number of fused-ring (bicyclic) bond motifs is 26. The maximum Gasteiger partial charge on any atom is 0.0629 e. The van der Waals surface area contributed by atoms with Gasteiger partial charge in [0, 0.05) is 32.9 Å². The van der Waals surface area contributed by atoms with Crippen molar-refractivity contribution in [1.82, 2.24) is 9.13 Å². The molecule has 0 aliphatic carbocycles. The molecule has 6 heterocycles. The number of anilines is 6. The first-order valence-corrected chi connectivity index (χ1v) is 42.1. The van der Waals surface area contributed by atoms with Crippen LogP contribution in [0.4, 0.5) is 34.1 Å². The Morgan fingerprint density at radius 3 is 1.15 bits per heavy atom. The Hall–Kier alpha value is -13.5. The Bertz CT molecular complexity index is 9080. The van der Waals surface area contributed by atoms with Crippen LogP contribution in [0.5, 0.6) is 0 Å². The first kappa shape index (κ1) is 51.0. The summed E-state index contributed by atoms with van der Waals surface area (Å²) in [7, 11) is 0. The molecule has 0 amide bonds. The number of para-hydroxylation sites is 2. The molecule has 4 nitrogen and oxygen atoms in total. The fourth-order valence-corrected chi connectivity index (χ4v) is 20.5. The van der Waals surface area contributed by atoms with Gasteiger partial charge < -0.3 is 9.13 Å². The normalized spacial score (nSPS) is 15.8. The van der Waals surface area contributed by atoms with Gasteiger partial charge in [-0.25, -0.2) is 0 Å². The number of rotatable bonds is 6. The van der Waals surface area contributed by atoms with E-state index in [1.54, 1.807) is 12.1 Å². The summed E-state index contributed by atoms with van der Waals surface area (Å²) in [4.78, 5) is 4.60. The van der Waals surface area contributed by atoms with Crippen molar-refractivity contribution >= 4 is 135 Å². The van der Waals surface area contributed by atoms with Gasteiger partial charge in [-0.2, -0.15) is 0 Å². The van der Waals surface area contributed by atoms with Crippen LogP contribution in [-0.4, -0.2) is 30.4 Å². The molecule has 0 fully saturated rings. The molecule has 0 unspecified atom stereocenters. The van der Waals surface area contributed by atoms with Gasteiger partial charge in [-0.3, -0.25) is 0 Å². The van der Waals surface area contributed by atoms with E-state index in [1.807, 2.05) is 60.7 Å². The molecular weight excluding hydrogens is 1520 g/mol. The van der Waals surface area contributed by atoms with E-state index in [0.717, 1.165) is 99.7 Å². The van der Waals surface area contributed by atoms with Gasteiger partial charge >= 0.3 is 382 Å². The van der Waals surface area contributed by atoms with Gasteiger partial charge in [0.2, 0.25) is 0 Å². The van der Waals surface area contributed by atoms with Crippen LogP contribution in [0, 0.1) is 0 Å². The number of aromatic nitrogens is 2. The van der Waals surface area contributed by atoms with E-state index in [-0.39, 0.29) is 69.5 Å². The Morgan fingerprint density at radius 2 is 0.658 bits per heavy atom. The van der Waals surface area contributed by atoms with Crippen LogP contribution in [-0.2, 0) is 16.2 Å². The molecule has 3 aromatic heterocycles. The summed E-state index contributed by atoms with van der Waals surface area (Å²) in [6.07, 6.45) is 0. The summed E-state index contributed by atoms with van der Waals surface area (Å²) in [5.74, 6) is 0. The van der Waals surface area contributed by atoms with Gasteiger partial charge in [0.05, 0.1) is 55.0 Å². The van der Waals surface area contributed by atoms with Crippen molar-refractivity contribution in [2.24, 2.45) is 0 Å². The van der Waals surface area contributed by atoms with Gasteiger partial charge in [0.15, 0.2) is 0 Å². The van der Waals surface area contributed by atoms with E-state index in [0.29, 0.717) is 45.0 Å². The topological polar surface area (TPSA) is 16.3 Å². The van der Waals surface area contributed by atoms with Crippen molar-refractivity contribution in [3.63, 3.8) is 0 Å². The van der Waals surface area contributed by atoms with E-state index < -0.39 is 190 Å². The summed E-state index contributed by atoms with van der Waals surface area (Å²) in [6, 6.07) is 59.2. The molecule has 13 bridgehead atoms. The predicted molar refractivity (Wildman–Crippen MR) is 514 cm³/mol. The van der Waals surface area contributed by atoms with Crippen LogP contribution < -0.4 is 26.2 Å². The molecule has 17 aromatic carbocycles. The zero-order valence-electron chi connectivity index (χ0n) is 91.1. The van der Waals surface area contributed by atoms with Crippen molar-refractivity contribution in [3.05, 3.63) is 380 Å². The quantitative estimate of drug-likeness (QED) is 0.154. The van der Waals surface area contributed by atoms with Crippen molar-refractivity contribution in [3.8, 4) is 100 Å². The molecular formula is C114H87BN4Se. The smallest absolute Gasteiger partial charge is 0.0617 e. The molecule has 20 aromatic rings. The van der Waals surface area contributed by atoms with Crippen LogP contribution in [0.25, 0.3) is 163 Å². The molecule has 6 heteroatoms. The summed E-state index contributed by atoms with van der Waals surface area (Å²) in [5, 5.41) is 1.26. The second-order valence-corrected chi connectivity index (χ2v) is 36.9. The van der Waals surface area contributed by atoms with Crippen LogP contribution in [0.2, 0.25) is 0 Å². The summed E-state index contributed by atoms with van der Waals surface area (Å²) >= 11 is -0.0607. The first-order valence-electron chi connectivity index (χ1n) is 52.3. The fraction of sp³-hybridized carbons (Fsp3) is 0.105. The minimum absolute atomic E-state index is 0.0607.